The van der Waals surface area contributed by atoms with Crippen LogP contribution in [0.3, 0.4) is 0 Å². The molecule has 0 radical (unpaired) electrons. The van der Waals surface area contributed by atoms with Gasteiger partial charge in [-0.15, -0.1) is 0 Å². The molecular formula is C14H23N3O7. The van der Waals surface area contributed by atoms with Crippen LogP contribution < -0.4 is 16.4 Å². The number of nitrogens with one attached hydrogen (secondary N) is 2. The van der Waals surface area contributed by atoms with Gasteiger partial charge < -0.3 is 31.4 Å². The predicted octanol–water partition coefficient (Wildman–Crippen LogP) is -1.52. The second-order valence-electron chi connectivity index (χ2n) is 5.62. The van der Waals surface area contributed by atoms with Crippen LogP contribution in [0.15, 0.2) is 0 Å². The number of carbonyl (C=O) groups excluding carboxylic acids is 3. The van der Waals surface area contributed by atoms with E-state index in [-0.39, 0.29) is 18.8 Å². The van der Waals surface area contributed by atoms with Gasteiger partial charge in [0, 0.05) is 6.42 Å². The van der Waals surface area contributed by atoms with Gasteiger partial charge in [0.2, 0.25) is 11.8 Å². The summed E-state index contributed by atoms with van der Waals surface area (Å²) < 4.78 is 0. The lowest BCUT2D eigenvalue weighted by atomic mass is 10.0. The Balaban J connectivity index is 4.80. The Hall–Kier alpha value is -2.49. The van der Waals surface area contributed by atoms with Crippen molar-refractivity contribution in [3.8, 4) is 0 Å². The molecule has 0 heterocycles. The maximum atomic E-state index is 12.1. The van der Waals surface area contributed by atoms with Gasteiger partial charge in [0.05, 0.1) is 18.5 Å². The van der Waals surface area contributed by atoms with Crippen molar-refractivity contribution < 1.29 is 34.2 Å². The molecule has 0 aromatic heterocycles. The minimum absolute atomic E-state index is 0.0937. The van der Waals surface area contributed by atoms with Crippen LogP contribution in [0.2, 0.25) is 0 Å². The maximum absolute atomic E-state index is 12.1. The van der Waals surface area contributed by atoms with E-state index < -0.39 is 48.3 Å². The van der Waals surface area contributed by atoms with E-state index in [0.29, 0.717) is 6.29 Å². The summed E-state index contributed by atoms with van der Waals surface area (Å²) in [6.07, 6.45) is -0.668. The van der Waals surface area contributed by atoms with Crippen molar-refractivity contribution in [2.24, 2.45) is 11.7 Å². The summed E-state index contributed by atoms with van der Waals surface area (Å²) in [5.74, 6) is -4.14. The van der Waals surface area contributed by atoms with Crippen molar-refractivity contribution in [2.75, 3.05) is 0 Å². The van der Waals surface area contributed by atoms with Gasteiger partial charge in [-0.05, 0) is 12.3 Å². The molecule has 10 nitrogen and oxygen atoms in total. The van der Waals surface area contributed by atoms with E-state index in [2.05, 4.69) is 10.6 Å². The third-order valence-electron chi connectivity index (χ3n) is 3.14. The van der Waals surface area contributed by atoms with E-state index in [4.69, 9.17) is 15.9 Å². The van der Waals surface area contributed by atoms with Gasteiger partial charge in [-0.2, -0.15) is 0 Å². The lowest BCUT2D eigenvalue weighted by Crippen LogP contribution is -2.55. The molecule has 0 spiro atoms. The van der Waals surface area contributed by atoms with Gasteiger partial charge in [-0.1, -0.05) is 13.8 Å². The minimum Gasteiger partial charge on any atom is -0.481 e. The van der Waals surface area contributed by atoms with Crippen LogP contribution in [0.1, 0.15) is 33.1 Å². The molecular weight excluding hydrogens is 322 g/mol. The van der Waals surface area contributed by atoms with Gasteiger partial charge in [0.25, 0.3) is 0 Å². The number of carbonyl (C=O) groups is 5. The van der Waals surface area contributed by atoms with E-state index in [1.54, 1.807) is 13.8 Å². The smallest absolute Gasteiger partial charge is 0.305 e. The van der Waals surface area contributed by atoms with E-state index in [1.807, 2.05) is 0 Å². The van der Waals surface area contributed by atoms with Crippen LogP contribution >= 0.6 is 0 Å². The number of hydrogen-bond donors (Lipinski definition) is 5. The molecule has 3 atom stereocenters. The first-order chi connectivity index (χ1) is 11.1. The van der Waals surface area contributed by atoms with E-state index in [9.17, 15) is 24.0 Å². The third-order valence-corrected chi connectivity index (χ3v) is 3.14. The summed E-state index contributed by atoms with van der Waals surface area (Å²) in [6.45, 7) is 3.28. The van der Waals surface area contributed by atoms with Crippen molar-refractivity contribution in [3.05, 3.63) is 0 Å². The Bertz CT molecular complexity index is 493. The van der Waals surface area contributed by atoms with Crippen LogP contribution in [0.4, 0.5) is 0 Å². The topological polar surface area (TPSA) is 176 Å². The number of amides is 2. The molecule has 0 rings (SSSR count). The van der Waals surface area contributed by atoms with E-state index in [0.717, 1.165) is 0 Å². The highest BCUT2D eigenvalue weighted by molar-refractivity contribution is 5.91. The van der Waals surface area contributed by atoms with Gasteiger partial charge in [0.15, 0.2) is 0 Å². The number of carboxylic acids is 2. The molecule has 24 heavy (non-hydrogen) atoms. The van der Waals surface area contributed by atoms with Gasteiger partial charge >= 0.3 is 11.9 Å². The molecule has 0 aromatic carbocycles. The largest absolute Gasteiger partial charge is 0.481 e. The Morgan fingerprint density at radius 1 is 1.04 bits per heavy atom. The first-order valence-electron chi connectivity index (χ1n) is 7.33. The van der Waals surface area contributed by atoms with Crippen molar-refractivity contribution in [1.82, 2.24) is 10.6 Å². The number of rotatable bonds is 11. The molecule has 0 aliphatic carbocycles. The summed E-state index contributed by atoms with van der Waals surface area (Å²) in [6, 6.07) is -3.35. The molecule has 10 heteroatoms. The summed E-state index contributed by atoms with van der Waals surface area (Å²) in [5, 5.41) is 21.8. The molecule has 0 aromatic rings. The zero-order valence-electron chi connectivity index (χ0n) is 13.5. The zero-order chi connectivity index (χ0) is 18.9. The highest BCUT2D eigenvalue weighted by Crippen LogP contribution is 2.05. The lowest BCUT2D eigenvalue weighted by molar-refractivity contribution is -0.140. The predicted molar refractivity (Wildman–Crippen MR) is 81.9 cm³/mol. The zero-order valence-corrected chi connectivity index (χ0v) is 13.5. The Morgan fingerprint density at radius 2 is 1.62 bits per heavy atom. The van der Waals surface area contributed by atoms with Crippen LogP contribution in [-0.2, 0) is 24.0 Å². The number of aldehydes is 1. The summed E-state index contributed by atoms with van der Waals surface area (Å²) in [4.78, 5) is 56.0. The molecule has 6 N–H and O–H groups in total. The normalized spacial score (nSPS) is 14.3. The average molecular weight is 345 g/mol. The van der Waals surface area contributed by atoms with Crippen LogP contribution in [0, 0.1) is 5.92 Å². The summed E-state index contributed by atoms with van der Waals surface area (Å²) >= 11 is 0. The molecule has 0 saturated heterocycles. The van der Waals surface area contributed by atoms with Gasteiger partial charge in [-0.25, -0.2) is 0 Å². The number of nitrogens with two attached hydrogens (primary N) is 1. The standard InChI is InChI=1S/C14H23N3O7/c1-7(2)12(14(24)16-8(6-18)5-11(21)22)17-13(23)9(15)3-4-10(19)20/h6-9,12H,3-5,15H2,1-2H3,(H,16,24)(H,17,23)(H,19,20)(H,21,22)/t8?,9-,12-/m0/s1. The highest BCUT2D eigenvalue weighted by atomic mass is 16.4. The fourth-order valence-corrected chi connectivity index (χ4v) is 1.80. The van der Waals surface area contributed by atoms with Crippen LogP contribution in [0.5, 0.6) is 0 Å². The van der Waals surface area contributed by atoms with Crippen molar-refractivity contribution in [1.29, 1.82) is 0 Å². The van der Waals surface area contributed by atoms with Gasteiger partial charge in [-0.3, -0.25) is 19.2 Å². The molecule has 2 amide bonds. The fraction of sp³-hybridized carbons (Fsp3) is 0.643. The Morgan fingerprint density at radius 3 is 2.04 bits per heavy atom. The molecule has 0 bridgehead atoms. The van der Waals surface area contributed by atoms with Crippen LogP contribution in [-0.4, -0.2) is 58.4 Å². The first kappa shape index (κ1) is 21.5. The highest BCUT2D eigenvalue weighted by Gasteiger charge is 2.28. The van der Waals surface area contributed by atoms with E-state index in [1.165, 1.54) is 0 Å². The molecule has 0 fully saturated rings. The Labute approximate surface area is 138 Å². The SMILES string of the molecule is CC(C)[C@H](NC(=O)[C@@H](N)CCC(=O)O)C(=O)NC(C=O)CC(=O)O. The number of aliphatic carboxylic acids is 2. The lowest BCUT2D eigenvalue weighted by Gasteiger charge is -2.24. The van der Waals surface area contributed by atoms with Gasteiger partial charge in [0.1, 0.15) is 12.3 Å². The molecule has 0 aliphatic heterocycles. The van der Waals surface area contributed by atoms with Crippen LogP contribution in [0.25, 0.3) is 0 Å². The monoisotopic (exact) mass is 345 g/mol. The maximum Gasteiger partial charge on any atom is 0.305 e. The molecule has 1 unspecified atom stereocenters. The molecule has 0 aliphatic rings. The van der Waals surface area contributed by atoms with Crippen molar-refractivity contribution in [2.45, 2.75) is 51.2 Å². The quantitative estimate of drug-likeness (QED) is 0.280. The minimum atomic E-state index is -1.26. The number of carboxylic acid groups (broad SMARTS) is 2. The number of hydrogen-bond acceptors (Lipinski definition) is 6. The molecule has 136 valence electrons. The third kappa shape index (κ3) is 8.22. The first-order valence-corrected chi connectivity index (χ1v) is 7.33. The average Bonchev–Trinajstić information content (AvgIpc) is 2.47. The fourth-order valence-electron chi connectivity index (χ4n) is 1.80. The summed E-state index contributed by atoms with van der Waals surface area (Å²) in [5.41, 5.74) is 5.57. The van der Waals surface area contributed by atoms with E-state index >= 15 is 0 Å². The second-order valence-corrected chi connectivity index (χ2v) is 5.62. The second kappa shape index (κ2) is 10.3. The van der Waals surface area contributed by atoms with Crippen molar-refractivity contribution >= 4 is 30.0 Å². The molecule has 0 saturated carbocycles. The Kier molecular flexibility index (Phi) is 9.25. The van der Waals surface area contributed by atoms with Crippen molar-refractivity contribution in [3.63, 3.8) is 0 Å². The summed E-state index contributed by atoms with van der Waals surface area (Å²) in [7, 11) is 0.